The van der Waals surface area contributed by atoms with E-state index in [0.717, 1.165) is 9.13 Å². The molecule has 0 bridgehead atoms. The minimum atomic E-state index is -1.76. The number of aliphatic carboxylic acids is 7. The van der Waals surface area contributed by atoms with E-state index in [2.05, 4.69) is 75.3 Å². The van der Waals surface area contributed by atoms with Gasteiger partial charge in [-0.15, -0.1) is 10.2 Å². The summed E-state index contributed by atoms with van der Waals surface area (Å²) >= 11 is 2.18. The Bertz CT molecular complexity index is 4410. The molecule has 0 spiro atoms. The van der Waals surface area contributed by atoms with Crippen molar-refractivity contribution in [1.82, 2.24) is 81.8 Å². The van der Waals surface area contributed by atoms with Crippen LogP contribution >= 0.6 is 22.6 Å². The maximum atomic E-state index is 14.0. The second-order valence-corrected chi connectivity index (χ2v) is 32.5. The molecule has 129 heavy (non-hydrogen) atoms. The Balaban J connectivity index is 0.953. The minimum Gasteiger partial charge on any atom is -0.508 e. The van der Waals surface area contributed by atoms with Crippen LogP contribution in [0.25, 0.3) is 17.1 Å². The summed E-state index contributed by atoms with van der Waals surface area (Å²) in [5.74, 6) is -15.4. The Morgan fingerprint density at radius 2 is 1.00 bits per heavy atom. The van der Waals surface area contributed by atoms with Crippen molar-refractivity contribution < 1.29 is 137 Å². The number of aryl methyl sites for hydroxylation is 1. The number of carboxylic acids is 7. The van der Waals surface area contributed by atoms with Gasteiger partial charge in [-0.25, -0.2) is 0 Å². The van der Waals surface area contributed by atoms with Gasteiger partial charge in [0.15, 0.2) is 5.82 Å². The lowest BCUT2D eigenvalue weighted by Crippen LogP contribution is -2.57. The lowest BCUT2D eigenvalue weighted by Gasteiger charge is -2.35. The smallest absolute Gasteiger partial charge is 0.320 e. The van der Waals surface area contributed by atoms with Crippen molar-refractivity contribution in [3.63, 3.8) is 0 Å². The zero-order valence-corrected chi connectivity index (χ0v) is 74.6. The van der Waals surface area contributed by atoms with Crippen LogP contribution in [0.15, 0.2) is 60.7 Å². The predicted octanol–water partition coefficient (Wildman–Crippen LogP) is 0.400. The topological polar surface area (TPSA) is 626 Å². The molecule has 3 aromatic carbocycles. The van der Waals surface area contributed by atoms with Crippen LogP contribution in [0.1, 0.15) is 151 Å². The Hall–Kier alpha value is -11.8. The summed E-state index contributed by atoms with van der Waals surface area (Å²) in [4.78, 5) is 213. The van der Waals surface area contributed by atoms with Crippen LogP contribution in [0.2, 0.25) is 0 Å². The summed E-state index contributed by atoms with van der Waals surface area (Å²) in [7, 11) is 0. The average Bonchev–Trinajstić information content (AvgIpc) is 1.64. The van der Waals surface area contributed by atoms with Crippen LogP contribution in [-0.2, 0) is 87.8 Å². The molecule has 4 aromatic rings. The standard InChI is InChI=1S/C84H119IN16O28/c1-4-86-83(124)78-95-94-77(59-46-58(52(2)3)65(102)47-66(59)103)101(78)55-15-17-56(18-16-55)129-57-28-33-100(34-29-57)70(107)27-31-88-80(121)61(19-24-71(108)109)92-82(123)63(21-26-73(112)113)93-81(122)62(20-25-72(110)111)91-69(106)51-128-45-44-127-43-32-89-79(120)60(90-68(105)10-7-8-53-11-13-54(85)14-12-53)9-5-6-30-87-67(104)23-22-64(84(125)126)99-41-39-97(49-75(116)117)37-35-96(48-74(114)115)36-38-98(40-42-99)50-76(118)119/h11-18,46-47,52,57,60-64,102-103H,4-10,19-45,48-51H2,1-3H3,(H,86,124)(H,87,104)(H,88,121)(H,89,120)(H,90,105)(H,91,106)(H,92,123)(H,93,122)(H,108,109)(H,110,111)(H,112,113)(H,114,115)(H,116,117)(H,118,119)(H,125,126)/t60-,61+,62+,63+,64+/m0/s1. The second-order valence-electron chi connectivity index (χ2n) is 31.2. The summed E-state index contributed by atoms with van der Waals surface area (Å²) in [5, 5.41) is 118. The number of halogens is 1. The van der Waals surface area contributed by atoms with E-state index >= 15 is 0 Å². The van der Waals surface area contributed by atoms with Gasteiger partial charge in [0, 0.05) is 158 Å². The maximum Gasteiger partial charge on any atom is 0.320 e. The molecule has 17 N–H and O–H groups in total. The number of carbonyl (C=O) groups excluding carboxylic acids is 9. The number of benzene rings is 3. The number of aromatic hydroxyl groups is 2. The number of hydrogen-bond acceptors (Lipinski definition) is 27. The molecule has 0 saturated carbocycles. The first-order valence-electron chi connectivity index (χ1n) is 42.7. The Kier molecular flexibility index (Phi) is 45.9. The summed E-state index contributed by atoms with van der Waals surface area (Å²) in [6.07, 6.45) is -2.01. The Morgan fingerprint density at radius 3 is 1.53 bits per heavy atom. The number of nitrogens with one attached hydrogen (secondary N) is 8. The SMILES string of the molecule is CCNC(=O)c1nnc(-c2cc(C(C)C)c(O)cc2O)n1-c1ccc(OC2CCN(C(=O)CCNC(=O)[C@@H](CCC(=O)O)NC(=O)[C@@H](CCC(=O)O)NC(=O)[C@@H](CCC(=O)O)NC(=O)COCCOCCNC(=O)[C@H](CCCCNC(=O)CC[C@H](C(=O)O)N3CCN(CC(=O)O)CCN(CC(=O)O)CCN(CC(=O)O)CC3)NC(=O)CCCc3ccc(I)cc3)CC2)cc1. The zero-order chi connectivity index (χ0) is 94.7. The minimum absolute atomic E-state index is 0.0173. The maximum absolute atomic E-state index is 14.0. The Labute approximate surface area is 757 Å². The highest BCUT2D eigenvalue weighted by Gasteiger charge is 2.35. The van der Waals surface area contributed by atoms with Crippen molar-refractivity contribution in [2.24, 2.45) is 0 Å². The van der Waals surface area contributed by atoms with Crippen LogP contribution in [-0.4, -0.2) is 354 Å². The number of aromatic nitrogens is 3. The van der Waals surface area contributed by atoms with Gasteiger partial charge in [0.25, 0.3) is 5.91 Å². The third kappa shape index (κ3) is 39.0. The van der Waals surface area contributed by atoms with Gasteiger partial charge in [-0.3, -0.25) is 101 Å². The molecule has 9 amide bonds. The van der Waals surface area contributed by atoms with Crippen LogP contribution in [0.3, 0.4) is 0 Å². The average molecular weight is 1930 g/mol. The molecule has 2 aliphatic heterocycles. The highest BCUT2D eigenvalue weighted by molar-refractivity contribution is 14.1. The van der Waals surface area contributed by atoms with Crippen LogP contribution in [0.5, 0.6) is 17.2 Å². The number of ether oxygens (including phenoxy) is 3. The second kappa shape index (κ2) is 55.8. The van der Waals surface area contributed by atoms with E-state index in [1.165, 1.54) is 10.6 Å². The quantitative estimate of drug-likeness (QED) is 0.0210. The molecule has 45 heteroatoms. The number of amides is 9. The first-order chi connectivity index (χ1) is 61.5. The van der Waals surface area contributed by atoms with Gasteiger partial charge < -0.3 is 108 Å². The molecular weight excluding hydrogens is 1810 g/mol. The molecule has 1 aromatic heterocycles. The van der Waals surface area contributed by atoms with Crippen LogP contribution < -0.4 is 47.3 Å². The lowest BCUT2D eigenvalue weighted by molar-refractivity contribution is -0.145. The van der Waals surface area contributed by atoms with Crippen LogP contribution in [0, 0.1) is 3.57 Å². The molecule has 5 atom stereocenters. The van der Waals surface area contributed by atoms with Crippen molar-refractivity contribution in [3.8, 4) is 34.3 Å². The van der Waals surface area contributed by atoms with Gasteiger partial charge >= 0.3 is 41.8 Å². The number of phenols is 2. The molecule has 2 fully saturated rings. The number of unbranched alkanes of at least 4 members (excludes halogenated alkanes) is 1. The number of hydrogen-bond donors (Lipinski definition) is 17. The molecule has 2 aliphatic rings. The molecular formula is C84H119IN16O28. The van der Waals surface area contributed by atoms with Crippen molar-refractivity contribution in [2.75, 3.05) is 138 Å². The normalized spacial score (nSPS) is 15.1. The fourth-order valence-electron chi connectivity index (χ4n) is 14.2. The van der Waals surface area contributed by atoms with Gasteiger partial charge in [0.1, 0.15) is 60.2 Å². The number of rotatable bonds is 55. The van der Waals surface area contributed by atoms with Crippen molar-refractivity contribution in [3.05, 3.63) is 81.2 Å². The molecule has 6 rings (SSSR count). The fraction of sp³-hybridized carbons (Fsp3) is 0.571. The number of likely N-dealkylation sites (tertiary alicyclic amines) is 1. The van der Waals surface area contributed by atoms with E-state index in [9.17, 15) is 123 Å². The van der Waals surface area contributed by atoms with Crippen molar-refractivity contribution in [1.29, 1.82) is 0 Å². The molecule has 3 heterocycles. The number of piperidine rings is 1. The number of nitrogens with zero attached hydrogens (tertiary/aromatic N) is 8. The predicted molar refractivity (Wildman–Crippen MR) is 466 cm³/mol. The Morgan fingerprint density at radius 1 is 0.481 bits per heavy atom. The largest absolute Gasteiger partial charge is 0.508 e. The highest BCUT2D eigenvalue weighted by atomic mass is 127. The van der Waals surface area contributed by atoms with E-state index in [0.29, 0.717) is 62.1 Å². The zero-order valence-electron chi connectivity index (χ0n) is 72.4. The molecule has 0 aliphatic carbocycles. The number of phenolic OH excluding ortho intramolecular Hbond substituents is 2. The third-order valence-corrected chi connectivity index (χ3v) is 21.8. The molecule has 0 unspecified atom stereocenters. The molecule has 710 valence electrons. The van der Waals surface area contributed by atoms with Gasteiger partial charge in [0.2, 0.25) is 53.1 Å². The fourth-order valence-corrected chi connectivity index (χ4v) is 14.6. The monoisotopic (exact) mass is 1930 g/mol. The molecule has 0 radical (unpaired) electrons. The van der Waals surface area contributed by atoms with E-state index in [-0.39, 0.29) is 190 Å². The first-order valence-corrected chi connectivity index (χ1v) is 43.8. The van der Waals surface area contributed by atoms with E-state index < -0.39 is 177 Å². The van der Waals surface area contributed by atoms with Gasteiger partial charge in [-0.1, -0.05) is 26.0 Å². The summed E-state index contributed by atoms with van der Waals surface area (Å²) in [5.41, 5.74) is 2.22. The van der Waals surface area contributed by atoms with E-state index in [1.54, 1.807) is 61.8 Å². The highest BCUT2D eigenvalue weighted by Crippen LogP contribution is 2.39. The molecule has 44 nitrogen and oxygen atoms in total. The summed E-state index contributed by atoms with van der Waals surface area (Å²) < 4.78 is 19.8. The third-order valence-electron chi connectivity index (χ3n) is 21.0. The van der Waals surface area contributed by atoms with E-state index in [4.69, 9.17) is 14.2 Å². The summed E-state index contributed by atoms with van der Waals surface area (Å²) in [6.45, 7) is 4.31. The van der Waals surface area contributed by atoms with Gasteiger partial charge in [-0.2, -0.15) is 0 Å². The number of carbonyl (C=O) groups is 16. The summed E-state index contributed by atoms with van der Waals surface area (Å²) in [6, 6.07) is 9.96. The van der Waals surface area contributed by atoms with Crippen molar-refractivity contribution in [2.45, 2.75) is 172 Å². The van der Waals surface area contributed by atoms with Gasteiger partial charge in [0.05, 0.1) is 45.0 Å². The first kappa shape index (κ1) is 106. The molecule has 2 saturated heterocycles. The lowest BCUT2D eigenvalue weighted by atomic mass is 9.98. The van der Waals surface area contributed by atoms with E-state index in [1.807, 2.05) is 38.1 Å². The van der Waals surface area contributed by atoms with Crippen molar-refractivity contribution >= 4 is 118 Å². The number of carboxylic acid groups (broad SMARTS) is 7. The van der Waals surface area contributed by atoms with Gasteiger partial charge in [-0.05, 0) is 147 Å². The van der Waals surface area contributed by atoms with Crippen LogP contribution in [0.4, 0.5) is 0 Å².